The zero-order valence-corrected chi connectivity index (χ0v) is 13.5. The van der Waals surface area contributed by atoms with Gasteiger partial charge in [0.25, 0.3) is 0 Å². The third-order valence-corrected chi connectivity index (χ3v) is 4.34. The van der Waals surface area contributed by atoms with Gasteiger partial charge in [-0.3, -0.25) is 4.98 Å². The molecule has 1 aromatic heterocycles. The van der Waals surface area contributed by atoms with Crippen molar-refractivity contribution >= 4 is 11.3 Å². The second-order valence-corrected chi connectivity index (χ2v) is 6.32. The Labute approximate surface area is 141 Å². The van der Waals surface area contributed by atoms with Crippen LogP contribution in [-0.4, -0.2) is 38.0 Å². The summed E-state index contributed by atoms with van der Waals surface area (Å²) in [5.74, 6) is 0.173. The molecule has 1 fully saturated rings. The fourth-order valence-electron chi connectivity index (χ4n) is 2.32. The van der Waals surface area contributed by atoms with Gasteiger partial charge in [-0.15, -0.1) is 11.3 Å². The first-order valence-corrected chi connectivity index (χ1v) is 8.30. The molecule has 0 atom stereocenters. The summed E-state index contributed by atoms with van der Waals surface area (Å²) in [5.41, 5.74) is 1.28. The molecule has 1 aliphatic heterocycles. The standard InChI is InChI=1S/C16H16F3NO3S/c17-16(18,19)13-3-12(15-6-20-10-24-15)4-14(5-13)23-9-11-7-21-1-2-22-8-11/h3-6,10-11H,1-2,7-9H2. The maximum absolute atomic E-state index is 13.1. The van der Waals surface area contributed by atoms with Gasteiger partial charge in [0.1, 0.15) is 5.75 Å². The molecule has 2 aromatic rings. The van der Waals surface area contributed by atoms with Crippen LogP contribution in [0.15, 0.2) is 29.9 Å². The third kappa shape index (κ3) is 4.46. The second kappa shape index (κ2) is 7.50. The van der Waals surface area contributed by atoms with E-state index in [-0.39, 0.29) is 18.3 Å². The maximum Gasteiger partial charge on any atom is 0.416 e. The van der Waals surface area contributed by atoms with Gasteiger partial charge in [0.2, 0.25) is 0 Å². The van der Waals surface area contributed by atoms with E-state index in [1.54, 1.807) is 11.6 Å². The summed E-state index contributed by atoms with van der Waals surface area (Å²) in [5, 5.41) is 0. The third-order valence-electron chi connectivity index (χ3n) is 3.52. The highest BCUT2D eigenvalue weighted by Crippen LogP contribution is 2.36. The fraction of sp³-hybridized carbons (Fsp3) is 0.438. The number of benzene rings is 1. The number of thiazole rings is 1. The van der Waals surface area contributed by atoms with Crippen molar-refractivity contribution < 1.29 is 27.4 Å². The van der Waals surface area contributed by atoms with Crippen LogP contribution in [0, 0.1) is 5.92 Å². The average Bonchev–Trinajstić information content (AvgIpc) is 2.96. The van der Waals surface area contributed by atoms with Gasteiger partial charge < -0.3 is 14.2 Å². The zero-order chi connectivity index (χ0) is 17.0. The van der Waals surface area contributed by atoms with E-state index in [4.69, 9.17) is 14.2 Å². The SMILES string of the molecule is FC(F)(F)c1cc(OCC2COCCOC2)cc(-c2cncs2)c1. The lowest BCUT2D eigenvalue weighted by molar-refractivity contribution is -0.137. The molecule has 0 radical (unpaired) electrons. The topological polar surface area (TPSA) is 40.6 Å². The van der Waals surface area contributed by atoms with Crippen molar-refractivity contribution in [2.45, 2.75) is 6.18 Å². The fourth-order valence-corrected chi connectivity index (χ4v) is 2.93. The van der Waals surface area contributed by atoms with Crippen LogP contribution in [0.3, 0.4) is 0 Å². The van der Waals surface area contributed by atoms with Crippen LogP contribution in [0.1, 0.15) is 5.56 Å². The number of ether oxygens (including phenoxy) is 3. The van der Waals surface area contributed by atoms with Gasteiger partial charge in [-0.1, -0.05) is 0 Å². The largest absolute Gasteiger partial charge is 0.493 e. The molecule has 2 heterocycles. The van der Waals surface area contributed by atoms with E-state index < -0.39 is 11.7 Å². The van der Waals surface area contributed by atoms with Gasteiger partial charge in [-0.2, -0.15) is 13.2 Å². The van der Waals surface area contributed by atoms with Crippen molar-refractivity contribution in [3.05, 3.63) is 35.5 Å². The van der Waals surface area contributed by atoms with Crippen LogP contribution in [0.4, 0.5) is 13.2 Å². The van der Waals surface area contributed by atoms with E-state index in [1.165, 1.54) is 17.5 Å². The molecule has 0 aliphatic carbocycles. The van der Waals surface area contributed by atoms with E-state index in [0.29, 0.717) is 36.9 Å². The molecular weight excluding hydrogens is 343 g/mol. The number of rotatable bonds is 4. The number of halogens is 3. The van der Waals surface area contributed by atoms with Gasteiger partial charge in [0.15, 0.2) is 0 Å². The molecule has 3 rings (SSSR count). The van der Waals surface area contributed by atoms with Gasteiger partial charge >= 0.3 is 6.18 Å². The molecule has 0 saturated carbocycles. The van der Waals surface area contributed by atoms with E-state index >= 15 is 0 Å². The highest BCUT2D eigenvalue weighted by Gasteiger charge is 2.31. The summed E-state index contributed by atoms with van der Waals surface area (Å²) in [6.45, 7) is 2.23. The molecule has 24 heavy (non-hydrogen) atoms. The molecular formula is C16H16F3NO3S. The highest BCUT2D eigenvalue weighted by atomic mass is 32.1. The Hall–Kier alpha value is -1.64. The minimum atomic E-state index is -4.44. The molecule has 0 N–H and O–H groups in total. The lowest BCUT2D eigenvalue weighted by atomic mass is 10.1. The number of nitrogens with zero attached hydrogens (tertiary/aromatic N) is 1. The van der Waals surface area contributed by atoms with Crippen LogP contribution in [0.25, 0.3) is 10.4 Å². The van der Waals surface area contributed by atoms with Crippen molar-refractivity contribution in [1.29, 1.82) is 0 Å². The first kappa shape index (κ1) is 17.2. The van der Waals surface area contributed by atoms with Crippen molar-refractivity contribution in [2.24, 2.45) is 5.92 Å². The zero-order valence-electron chi connectivity index (χ0n) is 12.7. The summed E-state index contributed by atoms with van der Waals surface area (Å²) in [7, 11) is 0. The lowest BCUT2D eigenvalue weighted by Crippen LogP contribution is -2.20. The Bertz CT molecular complexity index is 653. The van der Waals surface area contributed by atoms with Gasteiger partial charge in [-0.25, -0.2) is 0 Å². The monoisotopic (exact) mass is 359 g/mol. The molecule has 0 unspecified atom stereocenters. The number of hydrogen-bond donors (Lipinski definition) is 0. The first-order chi connectivity index (χ1) is 11.5. The predicted molar refractivity (Wildman–Crippen MR) is 83.2 cm³/mol. The lowest BCUT2D eigenvalue weighted by Gasteiger charge is -2.16. The smallest absolute Gasteiger partial charge is 0.416 e. The maximum atomic E-state index is 13.1. The minimum Gasteiger partial charge on any atom is -0.493 e. The Morgan fingerprint density at radius 3 is 2.54 bits per heavy atom. The summed E-state index contributed by atoms with van der Waals surface area (Å²) in [6.07, 6.45) is -2.90. The van der Waals surface area contributed by atoms with E-state index in [9.17, 15) is 13.2 Å². The summed E-state index contributed by atoms with van der Waals surface area (Å²) in [4.78, 5) is 4.57. The van der Waals surface area contributed by atoms with Crippen LogP contribution >= 0.6 is 11.3 Å². The number of aromatic nitrogens is 1. The van der Waals surface area contributed by atoms with Crippen LogP contribution in [0.5, 0.6) is 5.75 Å². The van der Waals surface area contributed by atoms with E-state index in [1.807, 2.05) is 0 Å². The first-order valence-electron chi connectivity index (χ1n) is 7.42. The molecule has 0 spiro atoms. The molecule has 1 saturated heterocycles. The second-order valence-electron chi connectivity index (χ2n) is 5.44. The highest BCUT2D eigenvalue weighted by molar-refractivity contribution is 7.13. The molecule has 4 nitrogen and oxygen atoms in total. The summed E-state index contributed by atoms with van der Waals surface area (Å²) in [6, 6.07) is 3.72. The van der Waals surface area contributed by atoms with Crippen molar-refractivity contribution in [3.63, 3.8) is 0 Å². The van der Waals surface area contributed by atoms with Gasteiger partial charge in [0.05, 0.1) is 49.0 Å². The van der Waals surface area contributed by atoms with E-state index in [0.717, 1.165) is 12.1 Å². The number of hydrogen-bond acceptors (Lipinski definition) is 5. The quantitative estimate of drug-likeness (QED) is 0.831. The van der Waals surface area contributed by atoms with Crippen molar-refractivity contribution in [3.8, 4) is 16.2 Å². The normalized spacial score (nSPS) is 16.8. The Kier molecular flexibility index (Phi) is 5.37. The summed E-state index contributed by atoms with van der Waals surface area (Å²) < 4.78 is 55.7. The number of alkyl halides is 3. The minimum absolute atomic E-state index is 0.00565. The molecule has 8 heteroatoms. The van der Waals surface area contributed by atoms with Crippen LogP contribution < -0.4 is 4.74 Å². The average molecular weight is 359 g/mol. The Balaban J connectivity index is 1.79. The molecule has 1 aliphatic rings. The molecule has 1 aromatic carbocycles. The van der Waals surface area contributed by atoms with Gasteiger partial charge in [0, 0.05) is 12.1 Å². The van der Waals surface area contributed by atoms with Crippen molar-refractivity contribution in [1.82, 2.24) is 4.98 Å². The summed E-state index contributed by atoms with van der Waals surface area (Å²) >= 11 is 1.28. The van der Waals surface area contributed by atoms with Crippen LogP contribution in [-0.2, 0) is 15.7 Å². The van der Waals surface area contributed by atoms with Gasteiger partial charge in [-0.05, 0) is 23.8 Å². The molecule has 0 bridgehead atoms. The Morgan fingerprint density at radius 1 is 1.17 bits per heavy atom. The Morgan fingerprint density at radius 2 is 1.92 bits per heavy atom. The molecule has 0 amide bonds. The predicted octanol–water partition coefficient (Wildman–Crippen LogP) is 3.87. The van der Waals surface area contributed by atoms with Crippen LogP contribution in [0.2, 0.25) is 0 Å². The molecule has 130 valence electrons. The van der Waals surface area contributed by atoms with E-state index in [2.05, 4.69) is 4.98 Å². The van der Waals surface area contributed by atoms with Crippen molar-refractivity contribution in [2.75, 3.05) is 33.0 Å².